The first-order valence-electron chi connectivity index (χ1n) is 6.33. The molecule has 7 nitrogen and oxygen atoms in total. The quantitative estimate of drug-likeness (QED) is 0.690. The number of rotatable bonds is 3. The number of carbonyl (C=O) groups excluding carboxylic acids is 4. The van der Waals surface area contributed by atoms with Crippen molar-refractivity contribution in [1.82, 2.24) is 15.5 Å². The molecule has 0 unspecified atom stereocenters. The van der Waals surface area contributed by atoms with Gasteiger partial charge in [-0.25, -0.2) is 4.79 Å². The number of carbonyl (C=O) groups is 4. The molecule has 2 fully saturated rings. The number of urea groups is 1. The molecule has 1 aliphatic heterocycles. The van der Waals surface area contributed by atoms with E-state index in [0.717, 1.165) is 11.3 Å². The van der Waals surface area contributed by atoms with Crippen LogP contribution in [-0.4, -0.2) is 41.2 Å². The van der Waals surface area contributed by atoms with Crippen LogP contribution in [0.15, 0.2) is 0 Å². The Balaban J connectivity index is 2.11. The van der Waals surface area contributed by atoms with Crippen LogP contribution in [0.5, 0.6) is 0 Å². The predicted octanol–water partition coefficient (Wildman–Crippen LogP) is -0.240. The van der Waals surface area contributed by atoms with E-state index in [1.807, 2.05) is 0 Å². The van der Waals surface area contributed by atoms with Gasteiger partial charge in [0.25, 0.3) is 0 Å². The van der Waals surface area contributed by atoms with Crippen LogP contribution >= 0.6 is 0 Å². The van der Waals surface area contributed by atoms with Gasteiger partial charge in [-0.1, -0.05) is 6.42 Å². The minimum Gasteiger partial charge on any atom is -0.352 e. The first kappa shape index (κ1) is 13.5. The summed E-state index contributed by atoms with van der Waals surface area (Å²) in [7, 11) is 0. The second kappa shape index (κ2) is 4.64. The summed E-state index contributed by atoms with van der Waals surface area (Å²) in [6.07, 6.45) is 1.65. The molecular weight excluding hydrogens is 250 g/mol. The highest BCUT2D eigenvalue weighted by Gasteiger charge is 2.57. The highest BCUT2D eigenvalue weighted by atomic mass is 16.2. The van der Waals surface area contributed by atoms with Crippen molar-refractivity contribution in [3.8, 4) is 0 Å². The molecule has 5 amide bonds. The average Bonchev–Trinajstić information content (AvgIpc) is 2.21. The van der Waals surface area contributed by atoms with Gasteiger partial charge in [-0.05, 0) is 26.7 Å². The van der Waals surface area contributed by atoms with Crippen LogP contribution in [0.2, 0.25) is 0 Å². The summed E-state index contributed by atoms with van der Waals surface area (Å²) in [5.41, 5.74) is -1.12. The first-order chi connectivity index (χ1) is 8.86. The van der Waals surface area contributed by atoms with Crippen molar-refractivity contribution in [3.05, 3.63) is 0 Å². The van der Waals surface area contributed by atoms with E-state index >= 15 is 0 Å². The maximum atomic E-state index is 12.2. The van der Waals surface area contributed by atoms with Gasteiger partial charge in [0.05, 0.1) is 0 Å². The molecule has 1 saturated heterocycles. The Bertz CT molecular complexity index is 454. The fourth-order valence-corrected chi connectivity index (χ4v) is 2.36. The van der Waals surface area contributed by atoms with Gasteiger partial charge in [0.2, 0.25) is 17.7 Å². The maximum absolute atomic E-state index is 12.2. The molecule has 104 valence electrons. The molecule has 1 heterocycles. The van der Waals surface area contributed by atoms with Gasteiger partial charge >= 0.3 is 6.03 Å². The number of nitrogens with one attached hydrogen (secondary N) is 2. The van der Waals surface area contributed by atoms with E-state index in [4.69, 9.17) is 0 Å². The number of imide groups is 2. The van der Waals surface area contributed by atoms with Crippen molar-refractivity contribution < 1.29 is 19.2 Å². The molecule has 19 heavy (non-hydrogen) atoms. The van der Waals surface area contributed by atoms with E-state index in [2.05, 4.69) is 10.6 Å². The van der Waals surface area contributed by atoms with Crippen molar-refractivity contribution in [2.24, 2.45) is 5.41 Å². The normalized spacial score (nSPS) is 21.4. The highest BCUT2D eigenvalue weighted by molar-refractivity contribution is 6.20. The van der Waals surface area contributed by atoms with Crippen LogP contribution < -0.4 is 10.6 Å². The lowest BCUT2D eigenvalue weighted by Gasteiger charge is -2.44. The molecule has 0 aromatic rings. The molecule has 2 rings (SSSR count). The van der Waals surface area contributed by atoms with Gasteiger partial charge < -0.3 is 5.32 Å². The zero-order valence-corrected chi connectivity index (χ0v) is 11.0. The molecule has 1 saturated carbocycles. The average molecular weight is 267 g/mol. The van der Waals surface area contributed by atoms with E-state index in [9.17, 15) is 19.2 Å². The Morgan fingerprint density at radius 3 is 2.47 bits per heavy atom. The van der Waals surface area contributed by atoms with E-state index in [1.165, 1.54) is 0 Å². The Hall–Kier alpha value is -1.92. The first-order valence-corrected chi connectivity index (χ1v) is 6.33. The van der Waals surface area contributed by atoms with Crippen molar-refractivity contribution in [1.29, 1.82) is 0 Å². The number of hydrogen-bond acceptors (Lipinski definition) is 4. The lowest BCUT2D eigenvalue weighted by Crippen LogP contribution is -2.67. The third kappa shape index (κ3) is 2.20. The summed E-state index contributed by atoms with van der Waals surface area (Å²) >= 11 is 0. The third-order valence-corrected chi connectivity index (χ3v) is 3.51. The molecule has 2 aliphatic rings. The second-order valence-corrected chi connectivity index (χ2v) is 5.31. The number of barbiturate groups is 1. The molecule has 1 aliphatic carbocycles. The van der Waals surface area contributed by atoms with Crippen molar-refractivity contribution >= 4 is 23.8 Å². The molecule has 1 spiro atoms. The highest BCUT2D eigenvalue weighted by Crippen LogP contribution is 2.44. The Morgan fingerprint density at radius 2 is 2.00 bits per heavy atom. The van der Waals surface area contributed by atoms with Crippen LogP contribution in [0, 0.1) is 5.41 Å². The van der Waals surface area contributed by atoms with Crippen LogP contribution in [-0.2, 0) is 14.4 Å². The van der Waals surface area contributed by atoms with Gasteiger partial charge in [0, 0.05) is 6.04 Å². The van der Waals surface area contributed by atoms with Crippen LogP contribution in [0.1, 0.15) is 33.1 Å². The Kier molecular flexibility index (Phi) is 3.30. The zero-order chi connectivity index (χ0) is 14.2. The fraction of sp³-hybridized carbons (Fsp3) is 0.667. The van der Waals surface area contributed by atoms with Gasteiger partial charge in [-0.15, -0.1) is 0 Å². The van der Waals surface area contributed by atoms with Gasteiger partial charge in [-0.2, -0.15) is 0 Å². The van der Waals surface area contributed by atoms with Crippen molar-refractivity contribution in [2.75, 3.05) is 6.54 Å². The third-order valence-electron chi connectivity index (χ3n) is 3.51. The monoisotopic (exact) mass is 267 g/mol. The number of hydrogen-bond donors (Lipinski definition) is 2. The van der Waals surface area contributed by atoms with E-state index in [1.54, 1.807) is 13.8 Å². The zero-order valence-electron chi connectivity index (χ0n) is 11.0. The molecule has 0 aromatic carbocycles. The minimum atomic E-state index is -1.12. The lowest BCUT2D eigenvalue weighted by atomic mass is 9.66. The second-order valence-electron chi connectivity index (χ2n) is 5.31. The topological polar surface area (TPSA) is 95.6 Å². The predicted molar refractivity (Wildman–Crippen MR) is 64.8 cm³/mol. The van der Waals surface area contributed by atoms with Crippen LogP contribution in [0.3, 0.4) is 0 Å². The Labute approximate surface area is 110 Å². The van der Waals surface area contributed by atoms with Crippen molar-refractivity contribution in [2.45, 2.75) is 39.2 Å². The lowest BCUT2D eigenvalue weighted by molar-refractivity contribution is -0.158. The molecule has 2 N–H and O–H groups in total. The van der Waals surface area contributed by atoms with E-state index in [-0.39, 0.29) is 12.6 Å². The van der Waals surface area contributed by atoms with Crippen molar-refractivity contribution in [3.63, 3.8) is 0 Å². The maximum Gasteiger partial charge on any atom is 0.331 e. The summed E-state index contributed by atoms with van der Waals surface area (Å²) in [4.78, 5) is 48.1. The molecular formula is C12H17N3O4. The Morgan fingerprint density at radius 1 is 1.37 bits per heavy atom. The summed E-state index contributed by atoms with van der Waals surface area (Å²) in [5, 5.41) is 4.77. The van der Waals surface area contributed by atoms with Gasteiger partial charge in [0.1, 0.15) is 12.0 Å². The molecule has 0 bridgehead atoms. The molecule has 0 atom stereocenters. The van der Waals surface area contributed by atoms with Crippen LogP contribution in [0.25, 0.3) is 0 Å². The summed E-state index contributed by atoms with van der Waals surface area (Å²) in [6.45, 7) is 3.22. The largest absolute Gasteiger partial charge is 0.352 e. The standard InChI is InChI=1S/C12H17N3O4/c1-7(2)13-8(16)6-15-10(18)12(4-3-5-12)9(17)14-11(15)19/h7H,3-6H2,1-2H3,(H,13,16)(H,14,17,19). The molecule has 0 radical (unpaired) electrons. The van der Waals surface area contributed by atoms with Crippen LogP contribution in [0.4, 0.5) is 4.79 Å². The smallest absolute Gasteiger partial charge is 0.331 e. The van der Waals surface area contributed by atoms with Gasteiger partial charge in [-0.3, -0.25) is 24.6 Å². The molecule has 0 aromatic heterocycles. The summed E-state index contributed by atoms with van der Waals surface area (Å²) < 4.78 is 0. The summed E-state index contributed by atoms with van der Waals surface area (Å²) in [5.74, 6) is -1.50. The number of amides is 5. The number of nitrogens with zero attached hydrogens (tertiary/aromatic N) is 1. The summed E-state index contributed by atoms with van der Waals surface area (Å²) in [6, 6.07) is -0.888. The fourth-order valence-electron chi connectivity index (χ4n) is 2.36. The minimum absolute atomic E-state index is 0.0743. The van der Waals surface area contributed by atoms with Gasteiger partial charge in [0.15, 0.2) is 0 Å². The SMILES string of the molecule is CC(C)NC(=O)CN1C(=O)NC(=O)C2(CCC2)C1=O. The van der Waals surface area contributed by atoms with E-state index < -0.39 is 29.2 Å². The molecule has 7 heteroatoms. The van der Waals surface area contributed by atoms with E-state index in [0.29, 0.717) is 12.8 Å².